The Hall–Kier alpha value is -3.07. The van der Waals surface area contributed by atoms with Crippen LogP contribution in [0.5, 0.6) is 0 Å². The van der Waals surface area contributed by atoms with Gasteiger partial charge in [-0.1, -0.05) is 79.0 Å². The molecule has 2 atom stereocenters. The summed E-state index contributed by atoms with van der Waals surface area (Å²) in [6, 6.07) is 17.5. The molecule has 10 heteroatoms. The maximum atomic E-state index is 14.2. The largest absolute Gasteiger partial charge is 0.352 e. The normalized spacial score (nSPS) is 12.9. The summed E-state index contributed by atoms with van der Waals surface area (Å²) in [6.45, 7) is 8.69. The predicted molar refractivity (Wildman–Crippen MR) is 166 cm³/mol. The van der Waals surface area contributed by atoms with Gasteiger partial charge in [0, 0.05) is 28.2 Å². The van der Waals surface area contributed by atoms with Gasteiger partial charge in [0.2, 0.25) is 11.8 Å². The summed E-state index contributed by atoms with van der Waals surface area (Å²) in [5.74, 6) is -0.895. The number of anilines is 1. The van der Waals surface area contributed by atoms with Crippen molar-refractivity contribution in [3.63, 3.8) is 0 Å². The van der Waals surface area contributed by atoms with Gasteiger partial charge in [-0.2, -0.15) is 0 Å². The van der Waals surface area contributed by atoms with Crippen LogP contribution in [-0.2, 0) is 26.2 Å². The van der Waals surface area contributed by atoms with E-state index < -0.39 is 28.5 Å². The number of hydrogen-bond acceptors (Lipinski definition) is 4. The molecule has 3 rings (SSSR count). The molecule has 0 saturated heterocycles. The van der Waals surface area contributed by atoms with Gasteiger partial charge >= 0.3 is 0 Å². The maximum absolute atomic E-state index is 14.2. The quantitative estimate of drug-likeness (QED) is 0.250. The van der Waals surface area contributed by atoms with E-state index in [9.17, 15) is 18.0 Å². The molecule has 0 radical (unpaired) electrons. The van der Waals surface area contributed by atoms with Gasteiger partial charge in [0.1, 0.15) is 12.6 Å². The first-order valence-corrected chi connectivity index (χ1v) is 15.8. The van der Waals surface area contributed by atoms with Crippen LogP contribution in [-0.4, -0.2) is 43.8 Å². The molecule has 1 N–H and O–H groups in total. The lowest BCUT2D eigenvalue weighted by Gasteiger charge is -2.34. The zero-order valence-corrected chi connectivity index (χ0v) is 26.4. The molecule has 3 aromatic carbocycles. The average molecular weight is 619 g/mol. The molecule has 0 aliphatic heterocycles. The summed E-state index contributed by atoms with van der Waals surface area (Å²) in [5.41, 5.74) is 2.43. The minimum Gasteiger partial charge on any atom is -0.352 e. The molecule has 0 spiro atoms. The van der Waals surface area contributed by atoms with Crippen LogP contribution in [0.4, 0.5) is 5.69 Å². The van der Waals surface area contributed by atoms with Crippen molar-refractivity contribution in [2.45, 2.75) is 71.0 Å². The first-order chi connectivity index (χ1) is 19.4. The Labute approximate surface area is 253 Å². The Kier molecular flexibility index (Phi) is 11.2. The summed E-state index contributed by atoms with van der Waals surface area (Å²) in [6.07, 6.45) is 1.01. The molecule has 2 amide bonds. The second kappa shape index (κ2) is 14.2. The summed E-state index contributed by atoms with van der Waals surface area (Å²) in [4.78, 5) is 29.1. The smallest absolute Gasteiger partial charge is 0.264 e. The SMILES string of the molecule is CCC(C)NC(=O)C(CC)N(Cc1c(Cl)cccc1Cl)C(=O)CN(c1ccccc1C)S(=O)(=O)c1ccc(C)cc1. The first-order valence-electron chi connectivity index (χ1n) is 13.6. The number of hydrogen-bond donors (Lipinski definition) is 1. The number of aryl methyl sites for hydroxylation is 2. The Morgan fingerprint density at radius 3 is 2.05 bits per heavy atom. The van der Waals surface area contributed by atoms with E-state index in [1.165, 1.54) is 17.0 Å². The second-order valence-electron chi connectivity index (χ2n) is 10.1. The highest BCUT2D eigenvalue weighted by atomic mass is 35.5. The lowest BCUT2D eigenvalue weighted by atomic mass is 10.1. The van der Waals surface area contributed by atoms with Crippen LogP contribution in [0.2, 0.25) is 10.0 Å². The van der Waals surface area contributed by atoms with E-state index in [-0.39, 0.29) is 23.4 Å². The van der Waals surface area contributed by atoms with Crippen molar-refractivity contribution in [1.29, 1.82) is 0 Å². The summed E-state index contributed by atoms with van der Waals surface area (Å²) in [5, 5.41) is 3.64. The molecular weight excluding hydrogens is 581 g/mol. The van der Waals surface area contributed by atoms with Gasteiger partial charge in [-0.05, 0) is 69.5 Å². The fraction of sp³-hybridized carbons (Fsp3) is 0.355. The number of rotatable bonds is 12. The van der Waals surface area contributed by atoms with Crippen LogP contribution in [0.1, 0.15) is 50.3 Å². The number of para-hydroxylation sites is 1. The highest BCUT2D eigenvalue weighted by molar-refractivity contribution is 7.92. The van der Waals surface area contributed by atoms with Gasteiger partial charge in [0.25, 0.3) is 10.0 Å². The number of carbonyl (C=O) groups excluding carboxylic acids is 2. The van der Waals surface area contributed by atoms with Crippen LogP contribution in [0.25, 0.3) is 0 Å². The standard InChI is InChI=1S/C31H37Cl2N3O4S/c1-6-23(5)34-31(38)28(7-2)35(19-25-26(32)12-10-13-27(25)33)30(37)20-36(29-14-9-8-11-22(29)4)41(39,40)24-17-15-21(3)16-18-24/h8-18,23,28H,6-7,19-20H2,1-5H3,(H,34,38). The van der Waals surface area contributed by atoms with Crippen molar-refractivity contribution in [2.24, 2.45) is 0 Å². The van der Waals surface area contributed by atoms with E-state index in [0.717, 1.165) is 9.87 Å². The molecule has 0 fully saturated rings. The van der Waals surface area contributed by atoms with Crippen molar-refractivity contribution >= 4 is 50.7 Å². The van der Waals surface area contributed by atoms with E-state index in [4.69, 9.17) is 23.2 Å². The predicted octanol–water partition coefficient (Wildman–Crippen LogP) is 6.53. The molecule has 3 aromatic rings. The fourth-order valence-electron chi connectivity index (χ4n) is 4.41. The fourth-order valence-corrected chi connectivity index (χ4v) is 6.40. The number of nitrogens with one attached hydrogen (secondary N) is 1. The minimum atomic E-state index is -4.15. The number of amides is 2. The molecule has 7 nitrogen and oxygen atoms in total. The third-order valence-electron chi connectivity index (χ3n) is 7.05. The molecule has 0 saturated carbocycles. The number of benzene rings is 3. The van der Waals surface area contributed by atoms with Crippen molar-refractivity contribution in [3.8, 4) is 0 Å². The van der Waals surface area contributed by atoms with Crippen molar-refractivity contribution < 1.29 is 18.0 Å². The van der Waals surface area contributed by atoms with E-state index in [1.54, 1.807) is 68.4 Å². The highest BCUT2D eigenvalue weighted by Crippen LogP contribution is 2.30. The molecule has 0 heterocycles. The van der Waals surface area contributed by atoms with Gasteiger partial charge in [-0.3, -0.25) is 13.9 Å². The lowest BCUT2D eigenvalue weighted by Crippen LogP contribution is -2.53. The third kappa shape index (κ3) is 7.82. The van der Waals surface area contributed by atoms with Gasteiger partial charge in [0.05, 0.1) is 10.6 Å². The van der Waals surface area contributed by atoms with Gasteiger partial charge in [-0.25, -0.2) is 8.42 Å². The minimum absolute atomic E-state index is 0.0569. The van der Waals surface area contributed by atoms with Crippen LogP contribution < -0.4 is 9.62 Å². The van der Waals surface area contributed by atoms with Crippen molar-refractivity contribution in [1.82, 2.24) is 10.2 Å². The zero-order chi connectivity index (χ0) is 30.3. The number of nitrogens with zero attached hydrogens (tertiary/aromatic N) is 2. The van der Waals surface area contributed by atoms with Crippen LogP contribution >= 0.6 is 23.2 Å². The van der Waals surface area contributed by atoms with Crippen LogP contribution in [0.3, 0.4) is 0 Å². The van der Waals surface area contributed by atoms with Crippen LogP contribution in [0.15, 0.2) is 71.6 Å². The van der Waals surface area contributed by atoms with Crippen molar-refractivity contribution in [2.75, 3.05) is 10.8 Å². The van der Waals surface area contributed by atoms with Gasteiger partial charge < -0.3 is 10.2 Å². The molecule has 2 unspecified atom stereocenters. The van der Waals surface area contributed by atoms with E-state index in [1.807, 2.05) is 20.8 Å². The van der Waals surface area contributed by atoms with Gasteiger partial charge in [-0.15, -0.1) is 0 Å². The average Bonchev–Trinajstić information content (AvgIpc) is 2.93. The first kappa shape index (κ1) is 32.4. The molecule has 0 aliphatic rings. The highest BCUT2D eigenvalue weighted by Gasteiger charge is 2.35. The number of halogens is 2. The van der Waals surface area contributed by atoms with Crippen molar-refractivity contribution in [3.05, 3.63) is 93.5 Å². The molecule has 0 aliphatic carbocycles. The molecule has 0 aromatic heterocycles. The van der Waals surface area contributed by atoms with Gasteiger partial charge in [0.15, 0.2) is 0 Å². The molecule has 220 valence electrons. The van der Waals surface area contributed by atoms with E-state index in [0.29, 0.717) is 39.7 Å². The number of carbonyl (C=O) groups is 2. The number of sulfonamides is 1. The molecule has 0 bridgehead atoms. The Morgan fingerprint density at radius 2 is 1.49 bits per heavy atom. The molecule has 41 heavy (non-hydrogen) atoms. The van der Waals surface area contributed by atoms with Crippen LogP contribution in [0, 0.1) is 13.8 Å². The summed E-state index contributed by atoms with van der Waals surface area (Å²) in [7, 11) is -4.15. The Morgan fingerprint density at radius 1 is 0.878 bits per heavy atom. The Balaban J connectivity index is 2.11. The zero-order valence-electron chi connectivity index (χ0n) is 24.0. The van der Waals surface area contributed by atoms with E-state index in [2.05, 4.69) is 5.32 Å². The van der Waals surface area contributed by atoms with E-state index >= 15 is 0 Å². The lowest BCUT2D eigenvalue weighted by molar-refractivity contribution is -0.140. The maximum Gasteiger partial charge on any atom is 0.264 e. The topological polar surface area (TPSA) is 86.8 Å². The summed E-state index contributed by atoms with van der Waals surface area (Å²) >= 11 is 12.9. The second-order valence-corrected chi connectivity index (χ2v) is 12.8. The molecular formula is C31H37Cl2N3O4S. The monoisotopic (exact) mass is 617 g/mol. The third-order valence-corrected chi connectivity index (χ3v) is 9.53. The Bertz CT molecular complexity index is 1460. The summed E-state index contributed by atoms with van der Waals surface area (Å²) < 4.78 is 29.1.